The Labute approximate surface area is 128 Å². The summed E-state index contributed by atoms with van der Waals surface area (Å²) in [6.07, 6.45) is -1.02. The van der Waals surface area contributed by atoms with Crippen molar-refractivity contribution in [3.63, 3.8) is 0 Å². The average Bonchev–Trinajstić information content (AvgIpc) is 2.55. The minimum atomic E-state index is -1.02. The first kappa shape index (κ1) is 15.1. The summed E-state index contributed by atoms with van der Waals surface area (Å²) >= 11 is 0. The molecule has 1 N–H and O–H groups in total. The summed E-state index contributed by atoms with van der Waals surface area (Å²) in [5.74, 6) is 0. The summed E-state index contributed by atoms with van der Waals surface area (Å²) in [5, 5.41) is 26.8. The molecule has 5 nitrogen and oxygen atoms in total. The number of carboxylic acid groups (broad SMARTS) is 1. The largest absolute Gasteiger partial charge is 0.465 e. The van der Waals surface area contributed by atoms with E-state index in [4.69, 9.17) is 10.5 Å². The Kier molecular flexibility index (Phi) is 4.74. The molecule has 2 aromatic rings. The monoisotopic (exact) mass is 291 g/mol. The highest BCUT2D eigenvalue weighted by Crippen LogP contribution is 2.12. The lowest BCUT2D eigenvalue weighted by atomic mass is 10.1. The van der Waals surface area contributed by atoms with Crippen molar-refractivity contribution in [3.8, 4) is 12.1 Å². The zero-order valence-corrected chi connectivity index (χ0v) is 11.7. The molecule has 0 aliphatic heterocycles. The molecular weight excluding hydrogens is 278 g/mol. The molecule has 2 rings (SSSR count). The summed E-state index contributed by atoms with van der Waals surface area (Å²) in [7, 11) is 0. The number of nitrogens with zero attached hydrogens (tertiary/aromatic N) is 3. The van der Waals surface area contributed by atoms with Gasteiger partial charge in [0.25, 0.3) is 0 Å². The van der Waals surface area contributed by atoms with Gasteiger partial charge in [-0.25, -0.2) is 4.79 Å². The topological polar surface area (TPSA) is 88.1 Å². The number of hydrogen-bond acceptors (Lipinski definition) is 3. The molecule has 5 heteroatoms. The van der Waals surface area contributed by atoms with E-state index >= 15 is 0 Å². The van der Waals surface area contributed by atoms with Crippen molar-refractivity contribution in [2.45, 2.75) is 13.1 Å². The maximum atomic E-state index is 11.4. The van der Waals surface area contributed by atoms with Crippen molar-refractivity contribution in [1.29, 1.82) is 10.5 Å². The molecule has 0 saturated heterocycles. The molecular formula is C17H13N3O2. The normalized spacial score (nSPS) is 9.55. The van der Waals surface area contributed by atoms with Gasteiger partial charge < -0.3 is 5.11 Å². The van der Waals surface area contributed by atoms with Crippen LogP contribution < -0.4 is 0 Å². The van der Waals surface area contributed by atoms with E-state index in [-0.39, 0.29) is 13.1 Å². The summed E-state index contributed by atoms with van der Waals surface area (Å²) in [6, 6.07) is 17.7. The fraction of sp³-hybridized carbons (Fsp3) is 0.118. The lowest BCUT2D eigenvalue weighted by Crippen LogP contribution is -2.28. The van der Waals surface area contributed by atoms with Crippen LogP contribution in [-0.2, 0) is 13.1 Å². The number of amides is 1. The van der Waals surface area contributed by atoms with E-state index in [1.165, 1.54) is 4.90 Å². The third-order valence-electron chi connectivity index (χ3n) is 3.18. The number of benzene rings is 2. The fourth-order valence-electron chi connectivity index (χ4n) is 2.00. The van der Waals surface area contributed by atoms with Crippen molar-refractivity contribution in [2.75, 3.05) is 0 Å². The lowest BCUT2D eigenvalue weighted by molar-refractivity contribution is 0.139. The molecule has 0 aromatic heterocycles. The maximum Gasteiger partial charge on any atom is 0.407 e. The number of hydrogen-bond donors (Lipinski definition) is 1. The van der Waals surface area contributed by atoms with Crippen LogP contribution in [0, 0.1) is 22.7 Å². The Morgan fingerprint density at radius 2 is 1.23 bits per heavy atom. The summed E-state index contributed by atoms with van der Waals surface area (Å²) < 4.78 is 0. The molecule has 1 amide bonds. The van der Waals surface area contributed by atoms with Crippen LogP contribution in [0.25, 0.3) is 0 Å². The van der Waals surface area contributed by atoms with Crippen LogP contribution in [0.4, 0.5) is 4.79 Å². The van der Waals surface area contributed by atoms with Crippen molar-refractivity contribution >= 4 is 6.09 Å². The molecule has 0 unspecified atom stereocenters. The second kappa shape index (κ2) is 6.92. The molecule has 0 atom stereocenters. The van der Waals surface area contributed by atoms with Gasteiger partial charge >= 0.3 is 6.09 Å². The van der Waals surface area contributed by atoms with E-state index in [2.05, 4.69) is 0 Å². The number of carbonyl (C=O) groups is 1. The Hall–Kier alpha value is -3.31. The summed E-state index contributed by atoms with van der Waals surface area (Å²) in [5.41, 5.74) is 2.71. The molecule has 0 saturated carbocycles. The van der Waals surface area contributed by atoms with Gasteiger partial charge in [0.2, 0.25) is 0 Å². The first-order valence-corrected chi connectivity index (χ1v) is 6.58. The standard InChI is InChI=1S/C17H13N3O2/c18-9-13-1-5-15(6-2-13)11-20(17(21)22)12-16-7-3-14(10-19)4-8-16/h1-8H,11-12H2,(H,21,22). The Morgan fingerprint density at radius 1 is 0.864 bits per heavy atom. The highest BCUT2D eigenvalue weighted by molar-refractivity contribution is 5.65. The van der Waals surface area contributed by atoms with Gasteiger partial charge in [-0.1, -0.05) is 24.3 Å². The van der Waals surface area contributed by atoms with Gasteiger partial charge in [-0.15, -0.1) is 0 Å². The third-order valence-corrected chi connectivity index (χ3v) is 3.18. The first-order chi connectivity index (χ1) is 10.6. The molecule has 0 radical (unpaired) electrons. The molecule has 0 aliphatic carbocycles. The van der Waals surface area contributed by atoms with Crippen LogP contribution in [-0.4, -0.2) is 16.1 Å². The first-order valence-electron chi connectivity index (χ1n) is 6.58. The van der Waals surface area contributed by atoms with Crippen LogP contribution in [0.15, 0.2) is 48.5 Å². The smallest absolute Gasteiger partial charge is 0.407 e. The zero-order valence-electron chi connectivity index (χ0n) is 11.7. The maximum absolute atomic E-state index is 11.4. The second-order valence-electron chi connectivity index (χ2n) is 4.76. The molecule has 0 fully saturated rings. The van der Waals surface area contributed by atoms with Crippen molar-refractivity contribution in [2.24, 2.45) is 0 Å². The minimum absolute atomic E-state index is 0.237. The van der Waals surface area contributed by atoms with Crippen LogP contribution in [0.5, 0.6) is 0 Å². The third kappa shape index (κ3) is 3.84. The van der Waals surface area contributed by atoms with E-state index in [1.54, 1.807) is 48.5 Å². The predicted octanol–water partition coefficient (Wildman–Crippen LogP) is 3.11. The molecule has 0 bridgehead atoms. The molecule has 0 heterocycles. The van der Waals surface area contributed by atoms with Crippen molar-refractivity contribution in [1.82, 2.24) is 4.90 Å². The highest BCUT2D eigenvalue weighted by atomic mass is 16.4. The van der Waals surface area contributed by atoms with Gasteiger partial charge in [-0.2, -0.15) is 10.5 Å². The van der Waals surface area contributed by atoms with E-state index in [1.807, 2.05) is 12.1 Å². The quantitative estimate of drug-likeness (QED) is 0.937. The predicted molar refractivity (Wildman–Crippen MR) is 79.6 cm³/mol. The Balaban J connectivity index is 2.10. The van der Waals surface area contributed by atoms with E-state index in [9.17, 15) is 9.90 Å². The van der Waals surface area contributed by atoms with Gasteiger partial charge in [-0.3, -0.25) is 4.90 Å². The van der Waals surface area contributed by atoms with Crippen LogP contribution in [0.1, 0.15) is 22.3 Å². The molecule has 22 heavy (non-hydrogen) atoms. The molecule has 0 aliphatic rings. The summed E-state index contributed by atoms with van der Waals surface area (Å²) in [6.45, 7) is 0.474. The van der Waals surface area contributed by atoms with Crippen LogP contribution in [0.2, 0.25) is 0 Å². The Morgan fingerprint density at radius 3 is 1.50 bits per heavy atom. The number of rotatable bonds is 4. The van der Waals surface area contributed by atoms with Gasteiger partial charge in [0, 0.05) is 13.1 Å². The summed E-state index contributed by atoms with van der Waals surface area (Å²) in [4.78, 5) is 12.7. The van der Waals surface area contributed by atoms with Crippen molar-refractivity contribution < 1.29 is 9.90 Å². The lowest BCUT2D eigenvalue weighted by Gasteiger charge is -2.19. The van der Waals surface area contributed by atoms with Crippen molar-refractivity contribution in [3.05, 3.63) is 70.8 Å². The second-order valence-corrected chi connectivity index (χ2v) is 4.76. The Bertz CT molecular complexity index is 678. The highest BCUT2D eigenvalue weighted by Gasteiger charge is 2.13. The fourth-order valence-corrected chi connectivity index (χ4v) is 2.00. The molecule has 0 spiro atoms. The zero-order chi connectivity index (χ0) is 15.9. The van der Waals surface area contributed by atoms with Gasteiger partial charge in [-0.05, 0) is 35.4 Å². The SMILES string of the molecule is N#Cc1ccc(CN(Cc2ccc(C#N)cc2)C(=O)O)cc1. The van der Waals surface area contributed by atoms with E-state index in [0.29, 0.717) is 11.1 Å². The van der Waals surface area contributed by atoms with Crippen LogP contribution in [0.3, 0.4) is 0 Å². The van der Waals surface area contributed by atoms with Gasteiger partial charge in [0.05, 0.1) is 23.3 Å². The van der Waals surface area contributed by atoms with Gasteiger partial charge in [0.15, 0.2) is 0 Å². The molecule has 108 valence electrons. The number of nitriles is 2. The van der Waals surface area contributed by atoms with Gasteiger partial charge in [0.1, 0.15) is 0 Å². The van der Waals surface area contributed by atoms with E-state index < -0.39 is 6.09 Å². The van der Waals surface area contributed by atoms with Crippen LogP contribution >= 0.6 is 0 Å². The minimum Gasteiger partial charge on any atom is -0.465 e. The average molecular weight is 291 g/mol. The molecule has 2 aromatic carbocycles. The van der Waals surface area contributed by atoms with E-state index in [0.717, 1.165) is 11.1 Å².